The third kappa shape index (κ3) is 7.16. The fourth-order valence-corrected chi connectivity index (χ4v) is 1.29. The van der Waals surface area contributed by atoms with Crippen molar-refractivity contribution in [1.29, 1.82) is 0 Å². The topological polar surface area (TPSA) is 94.8 Å². The van der Waals surface area contributed by atoms with Crippen LogP contribution in [0, 0.1) is 0 Å². The largest absolute Gasteiger partial charge is 0.507 e. The number of allylic oxidation sites excluding steroid dienone is 1. The summed E-state index contributed by atoms with van der Waals surface area (Å²) in [4.78, 5) is 21.0. The number of carbonyl (C=O) groups is 2. The van der Waals surface area contributed by atoms with E-state index in [2.05, 4.69) is 6.92 Å². The molecular formula is C12H18O5. The summed E-state index contributed by atoms with van der Waals surface area (Å²) < 4.78 is 0. The van der Waals surface area contributed by atoms with Gasteiger partial charge in [0.15, 0.2) is 0 Å². The van der Waals surface area contributed by atoms with E-state index in [4.69, 9.17) is 10.2 Å². The monoisotopic (exact) mass is 242 g/mol. The highest BCUT2D eigenvalue weighted by Gasteiger charge is 2.13. The number of unbranched alkanes of at least 4 members (excludes halogenated alkanes) is 4. The number of hydrogen-bond donors (Lipinski definition) is 3. The lowest BCUT2D eigenvalue weighted by Gasteiger charge is -2.00. The molecule has 17 heavy (non-hydrogen) atoms. The van der Waals surface area contributed by atoms with Crippen molar-refractivity contribution in [2.75, 3.05) is 0 Å². The molecule has 0 aliphatic carbocycles. The lowest BCUT2D eigenvalue weighted by atomic mass is 10.1. The first-order chi connectivity index (χ1) is 7.99. The summed E-state index contributed by atoms with van der Waals surface area (Å²) in [6.07, 6.45) is 6.40. The highest BCUT2D eigenvalue weighted by molar-refractivity contribution is 5.97. The van der Waals surface area contributed by atoms with Crippen molar-refractivity contribution in [3.63, 3.8) is 0 Å². The molecule has 0 saturated carbocycles. The highest BCUT2D eigenvalue weighted by Crippen LogP contribution is 2.10. The van der Waals surface area contributed by atoms with Crippen LogP contribution in [0.2, 0.25) is 0 Å². The molecule has 5 heteroatoms. The van der Waals surface area contributed by atoms with Gasteiger partial charge in [-0.3, -0.25) is 0 Å². The summed E-state index contributed by atoms with van der Waals surface area (Å²) in [6, 6.07) is 0. The van der Waals surface area contributed by atoms with Gasteiger partial charge in [0, 0.05) is 6.08 Å². The predicted molar refractivity (Wildman–Crippen MR) is 62.8 cm³/mol. The van der Waals surface area contributed by atoms with Crippen molar-refractivity contribution in [2.24, 2.45) is 0 Å². The number of rotatable bonds is 8. The van der Waals surface area contributed by atoms with Crippen LogP contribution in [-0.2, 0) is 9.59 Å². The first-order valence-corrected chi connectivity index (χ1v) is 5.56. The summed E-state index contributed by atoms with van der Waals surface area (Å²) >= 11 is 0. The van der Waals surface area contributed by atoms with E-state index in [1.54, 1.807) is 0 Å². The van der Waals surface area contributed by atoms with Crippen LogP contribution in [0.5, 0.6) is 0 Å². The summed E-state index contributed by atoms with van der Waals surface area (Å²) in [7, 11) is 0. The van der Waals surface area contributed by atoms with Gasteiger partial charge in [0.25, 0.3) is 0 Å². The Morgan fingerprint density at radius 2 is 1.71 bits per heavy atom. The Balaban J connectivity index is 4.42. The van der Waals surface area contributed by atoms with Gasteiger partial charge in [-0.25, -0.2) is 9.59 Å². The molecule has 0 saturated heterocycles. The Labute approximate surface area is 100 Å². The van der Waals surface area contributed by atoms with Gasteiger partial charge in [0.2, 0.25) is 0 Å². The highest BCUT2D eigenvalue weighted by atomic mass is 16.4. The second-order valence-electron chi connectivity index (χ2n) is 3.64. The molecule has 0 radical (unpaired) electrons. The van der Waals surface area contributed by atoms with Crippen LogP contribution in [0.3, 0.4) is 0 Å². The Hall–Kier alpha value is -1.78. The van der Waals surface area contributed by atoms with Gasteiger partial charge < -0.3 is 15.3 Å². The normalized spacial score (nSPS) is 12.5. The van der Waals surface area contributed by atoms with Gasteiger partial charge in [0.05, 0.1) is 0 Å². The predicted octanol–water partition coefficient (Wildman–Crippen LogP) is 2.49. The van der Waals surface area contributed by atoms with Crippen LogP contribution < -0.4 is 0 Å². The number of aliphatic hydroxyl groups excluding tert-OH is 1. The zero-order valence-corrected chi connectivity index (χ0v) is 9.85. The molecule has 0 aromatic carbocycles. The summed E-state index contributed by atoms with van der Waals surface area (Å²) in [5.41, 5.74) is -0.590. The SMILES string of the molecule is CCCCCCC=C(O)/C(=C/C(=O)O)C(=O)O. The summed E-state index contributed by atoms with van der Waals surface area (Å²) in [5, 5.41) is 26.6. The molecule has 0 aliphatic heterocycles. The van der Waals surface area contributed by atoms with E-state index in [0.717, 1.165) is 25.7 Å². The molecule has 0 heterocycles. The lowest BCUT2D eigenvalue weighted by Crippen LogP contribution is -2.06. The van der Waals surface area contributed by atoms with Crippen molar-refractivity contribution in [3.8, 4) is 0 Å². The zero-order valence-electron chi connectivity index (χ0n) is 9.85. The maximum atomic E-state index is 10.7. The molecule has 0 amide bonds. The molecule has 0 atom stereocenters. The van der Waals surface area contributed by atoms with Crippen LogP contribution in [0.15, 0.2) is 23.5 Å². The van der Waals surface area contributed by atoms with Gasteiger partial charge in [-0.15, -0.1) is 0 Å². The molecular weight excluding hydrogens is 224 g/mol. The second kappa shape index (κ2) is 8.38. The molecule has 0 bridgehead atoms. The quantitative estimate of drug-likeness (QED) is 0.263. The van der Waals surface area contributed by atoms with E-state index in [-0.39, 0.29) is 0 Å². The molecule has 0 aromatic rings. The fourth-order valence-electron chi connectivity index (χ4n) is 1.29. The van der Waals surface area contributed by atoms with Crippen LogP contribution in [0.1, 0.15) is 39.0 Å². The molecule has 0 aromatic heterocycles. The van der Waals surface area contributed by atoms with E-state index in [9.17, 15) is 14.7 Å². The van der Waals surface area contributed by atoms with E-state index >= 15 is 0 Å². The number of carboxylic acid groups (broad SMARTS) is 2. The number of aliphatic carboxylic acids is 2. The minimum absolute atomic E-state index is 0.486. The molecule has 0 aliphatic rings. The van der Waals surface area contributed by atoms with Crippen LogP contribution in [0.4, 0.5) is 0 Å². The fraction of sp³-hybridized carbons (Fsp3) is 0.500. The molecule has 0 fully saturated rings. The average Bonchev–Trinajstić information content (AvgIpc) is 2.24. The van der Waals surface area contributed by atoms with E-state index < -0.39 is 23.3 Å². The lowest BCUT2D eigenvalue weighted by molar-refractivity contribution is -0.135. The molecule has 0 rings (SSSR count). The number of aliphatic hydroxyl groups is 1. The molecule has 3 N–H and O–H groups in total. The van der Waals surface area contributed by atoms with E-state index in [1.165, 1.54) is 6.08 Å². The van der Waals surface area contributed by atoms with Crippen molar-refractivity contribution in [2.45, 2.75) is 39.0 Å². The van der Waals surface area contributed by atoms with Crippen LogP contribution >= 0.6 is 0 Å². The molecule has 0 unspecified atom stereocenters. The van der Waals surface area contributed by atoms with Gasteiger partial charge >= 0.3 is 11.9 Å². The standard InChI is InChI=1S/C12H18O5/c1-2-3-4-5-6-7-10(13)9(12(16)17)8-11(14)15/h7-8,13H,2-6H2,1H3,(H,14,15)(H,16,17)/b9-8-,10-7?. The Morgan fingerprint density at radius 3 is 2.18 bits per heavy atom. The number of hydrogen-bond acceptors (Lipinski definition) is 3. The minimum Gasteiger partial charge on any atom is -0.507 e. The van der Waals surface area contributed by atoms with Gasteiger partial charge in [-0.2, -0.15) is 0 Å². The van der Waals surface area contributed by atoms with Crippen molar-refractivity contribution in [3.05, 3.63) is 23.5 Å². The average molecular weight is 242 g/mol. The Bertz CT molecular complexity index is 328. The molecule has 5 nitrogen and oxygen atoms in total. The van der Waals surface area contributed by atoms with E-state index in [1.807, 2.05) is 0 Å². The van der Waals surface area contributed by atoms with Gasteiger partial charge in [-0.1, -0.05) is 26.2 Å². The summed E-state index contributed by atoms with van der Waals surface area (Å²) in [6.45, 7) is 2.07. The summed E-state index contributed by atoms with van der Waals surface area (Å²) in [5.74, 6) is -3.33. The van der Waals surface area contributed by atoms with Crippen LogP contribution in [-0.4, -0.2) is 27.3 Å². The first kappa shape index (κ1) is 15.2. The van der Waals surface area contributed by atoms with Crippen LogP contribution in [0.25, 0.3) is 0 Å². The third-order valence-corrected chi connectivity index (χ3v) is 2.17. The first-order valence-electron chi connectivity index (χ1n) is 5.56. The smallest absolute Gasteiger partial charge is 0.339 e. The van der Waals surface area contributed by atoms with Gasteiger partial charge in [-0.05, 0) is 18.9 Å². The van der Waals surface area contributed by atoms with Crippen molar-refractivity contribution in [1.82, 2.24) is 0 Å². The Morgan fingerprint density at radius 1 is 1.06 bits per heavy atom. The second-order valence-corrected chi connectivity index (χ2v) is 3.64. The number of carboxylic acids is 2. The van der Waals surface area contributed by atoms with Crippen molar-refractivity contribution < 1.29 is 24.9 Å². The minimum atomic E-state index is -1.45. The molecule has 0 spiro atoms. The Kier molecular flexibility index (Phi) is 7.50. The van der Waals surface area contributed by atoms with E-state index in [0.29, 0.717) is 12.5 Å². The van der Waals surface area contributed by atoms with Gasteiger partial charge in [0.1, 0.15) is 11.3 Å². The van der Waals surface area contributed by atoms with Crippen molar-refractivity contribution >= 4 is 11.9 Å². The maximum absolute atomic E-state index is 10.7. The molecule has 96 valence electrons. The maximum Gasteiger partial charge on any atom is 0.339 e. The third-order valence-electron chi connectivity index (χ3n) is 2.17. The zero-order chi connectivity index (χ0) is 13.3.